The molecule has 2 unspecified atom stereocenters. The standard InChI is InChI=1S/C49H96NO8P/c1-3-5-7-9-11-13-15-17-19-21-23-25-27-29-31-33-35-37-39-41-48(51)55-45-47(46-57-59(53,54)56-44-43-50)58-49(52)42-40-38-36-34-32-30-28-26-24-22-20-18-16-14-12-10-8-6-4-2/h18,20,47H,3-17,19,21-46,50H2,1-2H3,(H,53,54)/b20-18-. The van der Waals surface area contributed by atoms with Gasteiger partial charge in [-0.05, 0) is 38.5 Å². The molecule has 0 aromatic heterocycles. The van der Waals surface area contributed by atoms with Crippen LogP contribution in [0.1, 0.15) is 258 Å². The zero-order chi connectivity index (χ0) is 43.2. The molecule has 10 heteroatoms. The minimum Gasteiger partial charge on any atom is -0.462 e. The third-order valence-corrected chi connectivity index (χ3v) is 12.1. The van der Waals surface area contributed by atoms with E-state index in [4.69, 9.17) is 24.3 Å². The molecule has 2 atom stereocenters. The fourth-order valence-corrected chi connectivity index (χ4v) is 8.16. The molecule has 0 radical (unpaired) electrons. The summed E-state index contributed by atoms with van der Waals surface area (Å²) in [5, 5.41) is 0. The number of hydrogen-bond donors (Lipinski definition) is 2. The van der Waals surface area contributed by atoms with E-state index < -0.39 is 26.5 Å². The second-order valence-electron chi connectivity index (χ2n) is 17.0. The van der Waals surface area contributed by atoms with Crippen molar-refractivity contribution in [2.75, 3.05) is 26.4 Å². The molecule has 0 bridgehead atoms. The van der Waals surface area contributed by atoms with Crippen LogP contribution < -0.4 is 5.73 Å². The quantitative estimate of drug-likeness (QED) is 0.0265. The van der Waals surface area contributed by atoms with Crippen LogP contribution >= 0.6 is 7.82 Å². The highest BCUT2D eigenvalue weighted by molar-refractivity contribution is 7.47. The minimum atomic E-state index is -4.38. The Kier molecular flexibility index (Phi) is 45.3. The van der Waals surface area contributed by atoms with E-state index in [0.29, 0.717) is 6.42 Å². The average Bonchev–Trinajstić information content (AvgIpc) is 3.22. The van der Waals surface area contributed by atoms with Gasteiger partial charge in [-0.25, -0.2) is 4.57 Å². The van der Waals surface area contributed by atoms with E-state index in [1.807, 2.05) is 0 Å². The molecule has 0 spiro atoms. The molecule has 0 amide bonds. The third-order valence-electron chi connectivity index (χ3n) is 11.2. The molecule has 0 aromatic rings. The lowest BCUT2D eigenvalue weighted by atomic mass is 10.0. The largest absolute Gasteiger partial charge is 0.472 e. The van der Waals surface area contributed by atoms with Crippen LogP contribution in [-0.2, 0) is 32.7 Å². The van der Waals surface area contributed by atoms with Crippen molar-refractivity contribution < 1.29 is 37.6 Å². The summed E-state index contributed by atoms with van der Waals surface area (Å²) in [4.78, 5) is 35.0. The lowest BCUT2D eigenvalue weighted by Crippen LogP contribution is -2.29. The summed E-state index contributed by atoms with van der Waals surface area (Å²) in [5.74, 6) is -0.814. The number of hydrogen-bond acceptors (Lipinski definition) is 8. The number of esters is 2. The summed E-state index contributed by atoms with van der Waals surface area (Å²) in [7, 11) is -4.38. The maximum Gasteiger partial charge on any atom is 0.472 e. The smallest absolute Gasteiger partial charge is 0.462 e. The van der Waals surface area contributed by atoms with Crippen molar-refractivity contribution in [2.24, 2.45) is 5.73 Å². The van der Waals surface area contributed by atoms with Crippen LogP contribution in [0.5, 0.6) is 0 Å². The van der Waals surface area contributed by atoms with Gasteiger partial charge in [0.15, 0.2) is 6.10 Å². The topological polar surface area (TPSA) is 134 Å². The molecule has 350 valence electrons. The Balaban J connectivity index is 4.02. The Bertz CT molecular complexity index is 980. The van der Waals surface area contributed by atoms with Crippen molar-refractivity contribution in [3.63, 3.8) is 0 Å². The Morgan fingerprint density at radius 3 is 1.20 bits per heavy atom. The lowest BCUT2D eigenvalue weighted by molar-refractivity contribution is -0.161. The van der Waals surface area contributed by atoms with Crippen molar-refractivity contribution in [3.05, 3.63) is 12.2 Å². The van der Waals surface area contributed by atoms with Gasteiger partial charge >= 0.3 is 19.8 Å². The number of ether oxygens (including phenoxy) is 2. The number of nitrogens with two attached hydrogens (primary N) is 1. The van der Waals surface area contributed by atoms with E-state index >= 15 is 0 Å². The Morgan fingerprint density at radius 1 is 0.492 bits per heavy atom. The number of allylic oxidation sites excluding steroid dienone is 2. The molecule has 0 aromatic carbocycles. The number of phosphoric ester groups is 1. The van der Waals surface area contributed by atoms with Gasteiger partial charge in [0.2, 0.25) is 0 Å². The molecule has 0 saturated carbocycles. The highest BCUT2D eigenvalue weighted by atomic mass is 31.2. The van der Waals surface area contributed by atoms with Crippen molar-refractivity contribution in [2.45, 2.75) is 264 Å². The molecule has 0 fully saturated rings. The fraction of sp³-hybridized carbons (Fsp3) is 0.918. The van der Waals surface area contributed by atoms with Crippen LogP contribution in [0.3, 0.4) is 0 Å². The first kappa shape index (κ1) is 57.8. The predicted molar refractivity (Wildman–Crippen MR) is 248 cm³/mol. The number of unbranched alkanes of at least 4 members (excludes halogenated alkanes) is 33. The van der Waals surface area contributed by atoms with Crippen LogP contribution in [0, 0.1) is 0 Å². The molecule has 59 heavy (non-hydrogen) atoms. The monoisotopic (exact) mass is 858 g/mol. The summed E-state index contributed by atoms with van der Waals surface area (Å²) in [5.41, 5.74) is 5.36. The van der Waals surface area contributed by atoms with Crippen LogP contribution in [-0.4, -0.2) is 49.3 Å². The first-order valence-electron chi connectivity index (χ1n) is 25.2. The molecular formula is C49H96NO8P. The van der Waals surface area contributed by atoms with E-state index in [-0.39, 0.29) is 38.6 Å². The van der Waals surface area contributed by atoms with E-state index in [2.05, 4.69) is 26.0 Å². The van der Waals surface area contributed by atoms with Gasteiger partial charge in [-0.2, -0.15) is 0 Å². The highest BCUT2D eigenvalue weighted by Gasteiger charge is 2.26. The van der Waals surface area contributed by atoms with Crippen LogP contribution in [0.4, 0.5) is 0 Å². The van der Waals surface area contributed by atoms with Crippen LogP contribution in [0.25, 0.3) is 0 Å². The first-order valence-corrected chi connectivity index (χ1v) is 26.7. The molecule has 0 aliphatic carbocycles. The summed E-state index contributed by atoms with van der Waals surface area (Å²) in [6.45, 7) is 3.78. The average molecular weight is 858 g/mol. The van der Waals surface area contributed by atoms with Crippen molar-refractivity contribution in [1.29, 1.82) is 0 Å². The van der Waals surface area contributed by atoms with Gasteiger partial charge in [-0.1, -0.05) is 219 Å². The number of carbonyl (C=O) groups is 2. The van der Waals surface area contributed by atoms with E-state index in [1.165, 1.54) is 186 Å². The third kappa shape index (κ3) is 46.1. The molecule has 3 N–H and O–H groups in total. The fourth-order valence-electron chi connectivity index (χ4n) is 7.40. The Hall–Kier alpha value is -1.25. The minimum absolute atomic E-state index is 0.0562. The van der Waals surface area contributed by atoms with E-state index in [9.17, 15) is 19.0 Å². The van der Waals surface area contributed by atoms with E-state index in [1.54, 1.807) is 0 Å². The second kappa shape index (κ2) is 46.3. The lowest BCUT2D eigenvalue weighted by Gasteiger charge is -2.19. The number of phosphoric acid groups is 1. The first-order chi connectivity index (χ1) is 28.8. The van der Waals surface area contributed by atoms with Crippen molar-refractivity contribution in [1.82, 2.24) is 0 Å². The van der Waals surface area contributed by atoms with E-state index in [0.717, 1.165) is 38.5 Å². The molecule has 0 saturated heterocycles. The van der Waals surface area contributed by atoms with Crippen LogP contribution in [0.15, 0.2) is 12.2 Å². The number of carbonyl (C=O) groups excluding carboxylic acids is 2. The summed E-state index contributed by atoms with van der Waals surface area (Å²) in [6.07, 6.45) is 49.6. The van der Waals surface area contributed by atoms with Crippen molar-refractivity contribution in [3.8, 4) is 0 Å². The highest BCUT2D eigenvalue weighted by Crippen LogP contribution is 2.43. The SMILES string of the molecule is CCCCCCCC/C=C\CCCCCCCCCCCC(=O)OC(COC(=O)CCCCCCCCCCCCCCCCCCCCC)COP(=O)(O)OCCN. The maximum absolute atomic E-state index is 12.6. The maximum atomic E-state index is 12.6. The Labute approximate surface area is 364 Å². The number of rotatable bonds is 48. The molecule has 0 rings (SSSR count). The second-order valence-corrected chi connectivity index (χ2v) is 18.5. The van der Waals surface area contributed by atoms with Gasteiger partial charge in [0, 0.05) is 19.4 Å². The molecular weight excluding hydrogens is 762 g/mol. The normalized spacial score (nSPS) is 13.2. The molecule has 9 nitrogen and oxygen atoms in total. The van der Waals surface area contributed by atoms with Gasteiger partial charge in [0.25, 0.3) is 0 Å². The summed E-state index contributed by atoms with van der Waals surface area (Å²) < 4.78 is 32.9. The molecule has 0 aliphatic rings. The Morgan fingerprint density at radius 2 is 0.831 bits per heavy atom. The van der Waals surface area contributed by atoms with Gasteiger partial charge in [-0.15, -0.1) is 0 Å². The zero-order valence-corrected chi connectivity index (χ0v) is 39.7. The summed E-state index contributed by atoms with van der Waals surface area (Å²) >= 11 is 0. The zero-order valence-electron chi connectivity index (χ0n) is 38.8. The summed E-state index contributed by atoms with van der Waals surface area (Å²) in [6, 6.07) is 0. The van der Waals surface area contributed by atoms with Gasteiger partial charge in [0.05, 0.1) is 13.2 Å². The molecule has 0 aliphatic heterocycles. The predicted octanol–water partition coefficient (Wildman–Crippen LogP) is 15.0. The van der Waals surface area contributed by atoms with Gasteiger partial charge < -0.3 is 20.1 Å². The van der Waals surface area contributed by atoms with Crippen molar-refractivity contribution >= 4 is 19.8 Å². The molecule has 0 heterocycles. The van der Waals surface area contributed by atoms with Gasteiger partial charge in [-0.3, -0.25) is 18.6 Å². The van der Waals surface area contributed by atoms with Gasteiger partial charge in [0.1, 0.15) is 6.61 Å². The van der Waals surface area contributed by atoms with Crippen LogP contribution in [0.2, 0.25) is 0 Å².